The molecule has 33 heavy (non-hydrogen) atoms. The topological polar surface area (TPSA) is 113 Å². The third-order valence-corrected chi connectivity index (χ3v) is 5.42. The fourth-order valence-corrected chi connectivity index (χ4v) is 3.78. The van der Waals surface area contributed by atoms with Crippen LogP contribution in [0, 0.1) is 5.41 Å². The molecule has 1 aromatic heterocycles. The van der Waals surface area contributed by atoms with Gasteiger partial charge in [-0.2, -0.15) is 0 Å². The molecule has 178 valence electrons. The van der Waals surface area contributed by atoms with E-state index in [4.69, 9.17) is 40.1 Å². The number of nitrogens with zero attached hydrogens (tertiary/aromatic N) is 2. The molecule has 0 bridgehead atoms. The van der Waals surface area contributed by atoms with E-state index >= 15 is 0 Å². The molecular formula is C25H34Cl2N6. The lowest BCUT2D eigenvalue weighted by molar-refractivity contribution is 0.758. The van der Waals surface area contributed by atoms with Crippen molar-refractivity contribution in [2.24, 2.45) is 10.7 Å². The molecule has 0 amide bonds. The van der Waals surface area contributed by atoms with E-state index in [9.17, 15) is 0 Å². The standard InChI is InChI=1S/C22H25Cl2N5.C3H9N/c1-14(21-18(23)12-29-13-19(21)24)9-15-6-7-20(26)17(10-15)22(27)16(11-28-2)5-3-4-8-25;1-3-4-2/h3,5-7,10-14,27H,2,4,8-9,25-26H2,1H3;4H,3H2,1-2H3/b5-3-,16-11+,27-22?;/t14-;/m0./s1. The van der Waals surface area contributed by atoms with Gasteiger partial charge in [0.2, 0.25) is 0 Å². The first-order chi connectivity index (χ1) is 15.8. The molecule has 2 rings (SSSR count). The Morgan fingerprint density at radius 2 is 1.94 bits per heavy atom. The van der Waals surface area contributed by atoms with Gasteiger partial charge in [-0.15, -0.1) is 0 Å². The SMILES string of the molecule is C=N/C=C(\C=C/CCN)C(=N)c1cc(C[C@H](C)c2c(Cl)cncc2Cl)ccc1N.CCNC. The van der Waals surface area contributed by atoms with E-state index in [1.807, 2.05) is 37.4 Å². The Morgan fingerprint density at radius 1 is 1.30 bits per heavy atom. The summed E-state index contributed by atoms with van der Waals surface area (Å²) in [7, 11) is 1.93. The van der Waals surface area contributed by atoms with Gasteiger partial charge in [0.1, 0.15) is 0 Å². The Balaban J connectivity index is 0.00000125. The van der Waals surface area contributed by atoms with Crippen LogP contribution in [0.4, 0.5) is 5.69 Å². The van der Waals surface area contributed by atoms with Gasteiger partial charge in [0, 0.05) is 35.4 Å². The molecule has 6 N–H and O–H groups in total. The lowest BCUT2D eigenvalue weighted by atomic mass is 9.91. The van der Waals surface area contributed by atoms with Gasteiger partial charge in [0.25, 0.3) is 0 Å². The fraction of sp³-hybridized carbons (Fsp3) is 0.320. The van der Waals surface area contributed by atoms with Crippen molar-refractivity contribution >= 4 is 41.3 Å². The van der Waals surface area contributed by atoms with Crippen LogP contribution in [0.2, 0.25) is 10.0 Å². The van der Waals surface area contributed by atoms with Crippen molar-refractivity contribution in [3.63, 3.8) is 0 Å². The summed E-state index contributed by atoms with van der Waals surface area (Å²) in [6.45, 7) is 9.22. The first kappa shape index (κ1) is 28.5. The average molecular weight is 489 g/mol. The molecule has 0 fully saturated rings. The van der Waals surface area contributed by atoms with Gasteiger partial charge >= 0.3 is 0 Å². The quantitative estimate of drug-likeness (QED) is 0.203. The van der Waals surface area contributed by atoms with Crippen molar-refractivity contribution < 1.29 is 0 Å². The number of benzene rings is 1. The third-order valence-electron chi connectivity index (χ3n) is 4.82. The highest BCUT2D eigenvalue weighted by atomic mass is 35.5. The van der Waals surface area contributed by atoms with Crippen LogP contribution in [0.3, 0.4) is 0 Å². The number of rotatable bonds is 10. The number of hydrogen-bond acceptors (Lipinski definition) is 6. The number of pyridine rings is 1. The second-order valence-electron chi connectivity index (χ2n) is 7.37. The van der Waals surface area contributed by atoms with Crippen molar-refractivity contribution in [3.05, 3.63) is 81.3 Å². The summed E-state index contributed by atoms with van der Waals surface area (Å²) < 4.78 is 0. The molecule has 1 heterocycles. The second kappa shape index (κ2) is 15.3. The Kier molecular flexibility index (Phi) is 13.3. The Morgan fingerprint density at radius 3 is 2.48 bits per heavy atom. The summed E-state index contributed by atoms with van der Waals surface area (Å²) in [5, 5.41) is 12.6. The van der Waals surface area contributed by atoms with Crippen molar-refractivity contribution in [2.75, 3.05) is 25.9 Å². The molecule has 0 saturated carbocycles. The highest BCUT2D eigenvalue weighted by molar-refractivity contribution is 6.35. The average Bonchev–Trinajstić information content (AvgIpc) is 2.79. The lowest BCUT2D eigenvalue weighted by Crippen LogP contribution is -2.08. The summed E-state index contributed by atoms with van der Waals surface area (Å²) in [5.74, 6) is 0.0676. The van der Waals surface area contributed by atoms with Gasteiger partial charge in [0.05, 0.1) is 15.8 Å². The number of aliphatic imine (C=N–C) groups is 1. The van der Waals surface area contributed by atoms with Crippen LogP contribution in [0.5, 0.6) is 0 Å². The Bertz CT molecular complexity index is 963. The smallest absolute Gasteiger partial charge is 0.0720 e. The van der Waals surface area contributed by atoms with Crippen LogP contribution in [-0.2, 0) is 6.42 Å². The van der Waals surface area contributed by atoms with E-state index in [1.54, 1.807) is 18.6 Å². The minimum atomic E-state index is 0.0676. The minimum absolute atomic E-state index is 0.0676. The molecule has 6 nitrogen and oxygen atoms in total. The number of hydrogen-bond donors (Lipinski definition) is 4. The molecule has 8 heteroatoms. The highest BCUT2D eigenvalue weighted by Crippen LogP contribution is 2.33. The van der Waals surface area contributed by atoms with Crippen molar-refractivity contribution in [1.82, 2.24) is 10.3 Å². The monoisotopic (exact) mass is 488 g/mol. The Labute approximate surface area is 207 Å². The highest BCUT2D eigenvalue weighted by Gasteiger charge is 2.17. The maximum absolute atomic E-state index is 8.61. The molecule has 0 unspecified atom stereocenters. The maximum atomic E-state index is 8.61. The summed E-state index contributed by atoms with van der Waals surface area (Å²) in [5.41, 5.74) is 15.6. The molecule has 0 aliphatic carbocycles. The number of anilines is 1. The van der Waals surface area contributed by atoms with Crippen molar-refractivity contribution in [2.45, 2.75) is 32.6 Å². The van der Waals surface area contributed by atoms with Crippen LogP contribution in [0.1, 0.15) is 42.9 Å². The van der Waals surface area contributed by atoms with E-state index in [2.05, 4.69) is 35.9 Å². The second-order valence-corrected chi connectivity index (χ2v) is 8.19. The van der Waals surface area contributed by atoms with Gasteiger partial charge in [-0.05, 0) is 68.9 Å². The molecular weight excluding hydrogens is 455 g/mol. The van der Waals surface area contributed by atoms with Gasteiger partial charge in [-0.25, -0.2) is 0 Å². The minimum Gasteiger partial charge on any atom is -0.398 e. The predicted octanol–water partition coefficient (Wildman–Crippen LogP) is 5.40. The van der Waals surface area contributed by atoms with E-state index in [0.29, 0.717) is 46.3 Å². The van der Waals surface area contributed by atoms with Crippen LogP contribution in [-0.4, -0.2) is 37.6 Å². The molecule has 0 aliphatic rings. The van der Waals surface area contributed by atoms with Gasteiger partial charge < -0.3 is 16.8 Å². The first-order valence-corrected chi connectivity index (χ1v) is 11.5. The number of allylic oxidation sites excluding steroid dienone is 2. The molecule has 0 aliphatic heterocycles. The summed E-state index contributed by atoms with van der Waals surface area (Å²) in [4.78, 5) is 7.82. The largest absolute Gasteiger partial charge is 0.398 e. The number of nitrogen functional groups attached to an aromatic ring is 1. The zero-order valence-electron chi connectivity index (χ0n) is 19.5. The normalized spacial score (nSPS) is 12.2. The summed E-state index contributed by atoms with van der Waals surface area (Å²) in [6.07, 6.45) is 9.84. The predicted molar refractivity (Wildman–Crippen MR) is 144 cm³/mol. The zero-order valence-corrected chi connectivity index (χ0v) is 21.0. The molecule has 2 aromatic rings. The van der Waals surface area contributed by atoms with Gasteiger partial charge in [-0.3, -0.25) is 15.4 Å². The lowest BCUT2D eigenvalue weighted by Gasteiger charge is -2.17. The van der Waals surface area contributed by atoms with Crippen molar-refractivity contribution in [1.29, 1.82) is 5.41 Å². The zero-order chi connectivity index (χ0) is 24.8. The third kappa shape index (κ3) is 9.10. The van der Waals surface area contributed by atoms with Crippen LogP contribution < -0.4 is 16.8 Å². The molecule has 0 radical (unpaired) electrons. The number of aromatic nitrogens is 1. The summed E-state index contributed by atoms with van der Waals surface area (Å²) in [6, 6.07) is 5.68. The van der Waals surface area contributed by atoms with E-state index in [0.717, 1.165) is 17.7 Å². The molecule has 0 saturated heterocycles. The fourth-order valence-electron chi connectivity index (χ4n) is 3.05. The molecule has 1 aromatic carbocycles. The van der Waals surface area contributed by atoms with E-state index in [-0.39, 0.29) is 11.6 Å². The van der Waals surface area contributed by atoms with Crippen LogP contribution in [0.15, 0.2) is 59.5 Å². The molecule has 0 spiro atoms. The van der Waals surface area contributed by atoms with Crippen LogP contribution in [0.25, 0.3) is 0 Å². The first-order valence-electron chi connectivity index (χ1n) is 10.7. The van der Waals surface area contributed by atoms with E-state index < -0.39 is 0 Å². The van der Waals surface area contributed by atoms with Crippen molar-refractivity contribution in [3.8, 4) is 0 Å². The number of halogens is 2. The van der Waals surface area contributed by atoms with Crippen LogP contribution >= 0.6 is 23.2 Å². The Hall–Kier alpha value is -2.51. The molecule has 1 atom stereocenters. The van der Waals surface area contributed by atoms with E-state index in [1.165, 1.54) is 0 Å². The number of nitrogens with one attached hydrogen (secondary N) is 2. The number of nitrogens with two attached hydrogens (primary N) is 2. The summed E-state index contributed by atoms with van der Waals surface area (Å²) >= 11 is 12.6. The maximum Gasteiger partial charge on any atom is 0.0720 e. The van der Waals surface area contributed by atoms with Gasteiger partial charge in [0.15, 0.2) is 0 Å². The van der Waals surface area contributed by atoms with Gasteiger partial charge in [-0.1, -0.05) is 55.3 Å².